The van der Waals surface area contributed by atoms with Crippen molar-refractivity contribution < 1.29 is 57.1 Å². The summed E-state index contributed by atoms with van der Waals surface area (Å²) >= 11 is 1.41. The van der Waals surface area contributed by atoms with Crippen LogP contribution in [0.2, 0.25) is 0 Å². The third-order valence-corrected chi connectivity index (χ3v) is 15.2. The monoisotopic (exact) mass is 1130 g/mol. The third-order valence-electron chi connectivity index (χ3n) is 14.0. The smallest absolute Gasteiger partial charge is 0.306 e. The van der Waals surface area contributed by atoms with Gasteiger partial charge >= 0.3 is 11.9 Å². The summed E-state index contributed by atoms with van der Waals surface area (Å²) in [5, 5.41) is 8.88. The van der Waals surface area contributed by atoms with Gasteiger partial charge in [0.25, 0.3) is 0 Å². The molecule has 0 saturated carbocycles. The molecule has 15 nitrogen and oxygen atoms in total. The first-order chi connectivity index (χ1) is 38.3. The molecule has 458 valence electrons. The second kappa shape index (κ2) is 57.7. The van der Waals surface area contributed by atoms with Crippen molar-refractivity contribution in [1.29, 1.82) is 0 Å². The van der Waals surface area contributed by atoms with E-state index < -0.39 is 12.1 Å². The molecule has 1 aliphatic heterocycles. The first-order valence-corrected chi connectivity index (χ1v) is 33.2. The van der Waals surface area contributed by atoms with E-state index in [1.165, 1.54) is 153 Å². The van der Waals surface area contributed by atoms with Crippen molar-refractivity contribution in [1.82, 2.24) is 16.0 Å². The lowest BCUT2D eigenvalue weighted by Gasteiger charge is -2.21. The van der Waals surface area contributed by atoms with Crippen LogP contribution in [0.25, 0.3) is 0 Å². The second-order valence-electron chi connectivity index (χ2n) is 21.5. The fourth-order valence-corrected chi connectivity index (χ4v) is 10.2. The summed E-state index contributed by atoms with van der Waals surface area (Å²) in [6.45, 7) is 11.4. The van der Waals surface area contributed by atoms with Gasteiger partial charge in [-0.1, -0.05) is 201 Å². The summed E-state index contributed by atoms with van der Waals surface area (Å²) in [5.74, 6) is -0.434. The molecule has 78 heavy (non-hydrogen) atoms. The summed E-state index contributed by atoms with van der Waals surface area (Å²) < 4.78 is 39.3. The number of esters is 2. The molecule has 0 spiro atoms. The number of hydrogen-bond acceptors (Lipinski definition) is 13. The van der Waals surface area contributed by atoms with Gasteiger partial charge in [-0.25, -0.2) is 0 Å². The Balaban J connectivity index is 2.61. The van der Waals surface area contributed by atoms with Gasteiger partial charge in [-0.15, -0.1) is 0 Å². The number of amides is 3. The van der Waals surface area contributed by atoms with Gasteiger partial charge in [0.2, 0.25) is 17.7 Å². The molecule has 3 N–H and O–H groups in total. The molecule has 1 saturated heterocycles. The molecule has 0 aromatic carbocycles. The zero-order valence-corrected chi connectivity index (χ0v) is 50.9. The average Bonchev–Trinajstić information content (AvgIpc) is 3.97. The quantitative estimate of drug-likeness (QED) is 0.0386. The molecule has 2 atom stereocenters. The second-order valence-corrected chi connectivity index (χ2v) is 22.6. The molecule has 0 aromatic rings. The van der Waals surface area contributed by atoms with Crippen molar-refractivity contribution in [2.24, 2.45) is 0 Å². The van der Waals surface area contributed by atoms with Crippen molar-refractivity contribution >= 4 is 41.4 Å². The van der Waals surface area contributed by atoms with Gasteiger partial charge in [0.05, 0.1) is 39.6 Å². The lowest BCUT2D eigenvalue weighted by atomic mass is 10.0. The minimum Gasteiger partial charge on any atom is -0.462 e. The zero-order valence-electron chi connectivity index (χ0n) is 50.1. The Hall–Kier alpha value is -2.50. The van der Waals surface area contributed by atoms with Gasteiger partial charge in [0.15, 0.2) is 6.29 Å². The summed E-state index contributed by atoms with van der Waals surface area (Å²) in [7, 11) is 0. The minimum atomic E-state index is -0.787. The van der Waals surface area contributed by atoms with Gasteiger partial charge in [-0.05, 0) is 32.1 Å². The fraction of sp³-hybridized carbons (Fsp3) is 0.919. The molecular weight excluding hydrogens is 1010 g/mol. The van der Waals surface area contributed by atoms with Crippen molar-refractivity contribution in [2.45, 2.75) is 283 Å². The highest BCUT2D eigenvalue weighted by molar-refractivity contribution is 7.99. The molecule has 1 fully saturated rings. The largest absolute Gasteiger partial charge is 0.462 e. The number of nitrogens with one attached hydrogen (secondary N) is 3. The lowest BCUT2D eigenvalue weighted by molar-refractivity contribution is -0.157. The van der Waals surface area contributed by atoms with Gasteiger partial charge in [0.1, 0.15) is 18.8 Å². The Kier molecular flexibility index (Phi) is 54.4. The van der Waals surface area contributed by atoms with Crippen LogP contribution in [0.5, 0.6) is 0 Å². The molecule has 1 aliphatic rings. The Labute approximate surface area is 479 Å². The molecule has 0 unspecified atom stereocenters. The molecule has 0 aromatic heterocycles. The Morgan fingerprint density at radius 3 is 1.33 bits per heavy atom. The van der Waals surface area contributed by atoms with Gasteiger partial charge in [-0.2, -0.15) is 11.8 Å². The van der Waals surface area contributed by atoms with E-state index in [-0.39, 0.29) is 48.3 Å². The van der Waals surface area contributed by atoms with Crippen LogP contribution >= 0.6 is 11.8 Å². The van der Waals surface area contributed by atoms with E-state index in [1.807, 2.05) is 0 Å². The van der Waals surface area contributed by atoms with Gasteiger partial charge in [-0.3, -0.25) is 24.0 Å². The summed E-state index contributed by atoms with van der Waals surface area (Å²) in [4.78, 5) is 64.9. The number of unbranched alkanes of at least 4 members (excludes halogenated alkanes) is 28. The van der Waals surface area contributed by atoms with E-state index in [9.17, 15) is 24.0 Å². The maximum atomic E-state index is 13.6. The zero-order chi connectivity index (χ0) is 56.5. The number of carbonyl (C=O) groups is 5. The number of thioether (sulfide) groups is 1. The molecular formula is C62H117N3O12S. The van der Waals surface area contributed by atoms with E-state index in [0.29, 0.717) is 117 Å². The van der Waals surface area contributed by atoms with E-state index >= 15 is 0 Å². The topological polar surface area (TPSA) is 186 Å². The van der Waals surface area contributed by atoms with Gasteiger partial charge in [0, 0.05) is 69.9 Å². The standard InChI is InChI=1S/C62H117N3O12S/c1-4-7-10-13-16-19-20-21-22-25-26-29-32-37-58(67)65-56(62(70)64-43-36-45-72-47-49-73-48-46-71-44-35-42-63-57(66)40-41-61-74-50-51-75-61)54-78-53-55(77-60(69)39-34-31-28-24-18-15-12-9-6-3)52-76-59(68)38-33-30-27-23-17-14-11-8-5-2/h55-56,61H,4-54H2,1-3H3,(H,63,66)(H,64,70)(H,65,67)/t55-,56+/m1/s1. The lowest BCUT2D eigenvalue weighted by Crippen LogP contribution is -2.48. The van der Waals surface area contributed by atoms with Crippen molar-refractivity contribution in [3.05, 3.63) is 0 Å². The molecule has 0 radical (unpaired) electrons. The van der Waals surface area contributed by atoms with Crippen LogP contribution < -0.4 is 16.0 Å². The molecule has 0 aliphatic carbocycles. The Morgan fingerprint density at radius 2 is 0.859 bits per heavy atom. The van der Waals surface area contributed by atoms with Crippen LogP contribution in [-0.4, -0.2) is 132 Å². The molecule has 16 heteroatoms. The third kappa shape index (κ3) is 50.5. The highest BCUT2D eigenvalue weighted by atomic mass is 32.2. The SMILES string of the molecule is CCCCCCCCCCCCCCCC(=O)N[C@@H](CSC[C@@H](COC(=O)CCCCCCCCCCC)OC(=O)CCCCCCCCCCC)C(=O)NCCCOCCOCCOCCCNC(=O)CCC1OCCO1. The molecule has 3 amide bonds. The summed E-state index contributed by atoms with van der Waals surface area (Å²) in [5.41, 5.74) is 0. The van der Waals surface area contributed by atoms with Crippen LogP contribution in [0.15, 0.2) is 0 Å². The first-order valence-electron chi connectivity index (χ1n) is 32.0. The molecule has 1 rings (SSSR count). The molecule has 0 bridgehead atoms. The normalized spacial score (nSPS) is 13.4. The maximum absolute atomic E-state index is 13.6. The number of carbonyl (C=O) groups excluding carboxylic acids is 5. The maximum Gasteiger partial charge on any atom is 0.306 e. The van der Waals surface area contributed by atoms with Crippen molar-refractivity contribution in [2.75, 3.05) is 84.1 Å². The summed E-state index contributed by atoms with van der Waals surface area (Å²) in [6, 6.07) is -0.787. The minimum absolute atomic E-state index is 0.0189. The average molecular weight is 1130 g/mol. The van der Waals surface area contributed by atoms with Crippen molar-refractivity contribution in [3.63, 3.8) is 0 Å². The Morgan fingerprint density at radius 1 is 0.449 bits per heavy atom. The highest BCUT2D eigenvalue weighted by Crippen LogP contribution is 2.17. The van der Waals surface area contributed by atoms with Crippen molar-refractivity contribution in [3.8, 4) is 0 Å². The number of rotatable bonds is 60. The van der Waals surface area contributed by atoms with Crippen LogP contribution in [0.1, 0.15) is 265 Å². The van der Waals surface area contributed by atoms with E-state index in [1.54, 1.807) is 0 Å². The number of hydrogen-bond donors (Lipinski definition) is 3. The van der Waals surface area contributed by atoms with E-state index in [0.717, 1.165) is 57.8 Å². The van der Waals surface area contributed by atoms with Crippen LogP contribution in [-0.2, 0) is 57.1 Å². The summed E-state index contributed by atoms with van der Waals surface area (Å²) in [6.07, 6.45) is 39.0. The van der Waals surface area contributed by atoms with Crippen LogP contribution in [0.3, 0.4) is 0 Å². The van der Waals surface area contributed by atoms with E-state index in [4.69, 9.17) is 33.2 Å². The predicted octanol–water partition coefficient (Wildman–Crippen LogP) is 13.2. The van der Waals surface area contributed by atoms with Gasteiger partial charge < -0.3 is 49.1 Å². The van der Waals surface area contributed by atoms with Crippen LogP contribution in [0, 0.1) is 0 Å². The van der Waals surface area contributed by atoms with Crippen LogP contribution in [0.4, 0.5) is 0 Å². The number of ether oxygens (including phenoxy) is 7. The molecule has 1 heterocycles. The van der Waals surface area contributed by atoms with E-state index in [2.05, 4.69) is 36.7 Å². The predicted molar refractivity (Wildman–Crippen MR) is 317 cm³/mol. The highest BCUT2D eigenvalue weighted by Gasteiger charge is 2.24. The Bertz CT molecular complexity index is 1390. The first kappa shape index (κ1) is 73.5. The fourth-order valence-electron chi connectivity index (χ4n) is 9.21.